The summed E-state index contributed by atoms with van der Waals surface area (Å²) in [4.78, 5) is 0. The van der Waals surface area contributed by atoms with Gasteiger partial charge in [0.15, 0.2) is 4.63 Å². The second-order valence-electron chi connectivity index (χ2n) is 2.12. The van der Waals surface area contributed by atoms with Crippen molar-refractivity contribution in [3.8, 4) is 0 Å². The maximum Gasteiger partial charge on any atom is 0.189 e. The number of rotatable bonds is 3. The number of nitrogens with two attached hydrogens (primary N) is 1. The van der Waals surface area contributed by atoms with Gasteiger partial charge in [0.25, 0.3) is 0 Å². The highest BCUT2D eigenvalue weighted by atomic mass is 79.9. The maximum absolute atomic E-state index is 9.16. The van der Waals surface area contributed by atoms with Crippen molar-refractivity contribution in [3.05, 3.63) is 11.9 Å². The molecule has 0 heterocycles. The van der Waals surface area contributed by atoms with E-state index < -0.39 is 4.63 Å². The van der Waals surface area contributed by atoms with Crippen molar-refractivity contribution in [1.29, 1.82) is 0 Å². The summed E-state index contributed by atoms with van der Waals surface area (Å²) in [7, 11) is 0. The van der Waals surface area contributed by atoms with Crippen molar-refractivity contribution >= 4 is 15.9 Å². The minimum Gasteiger partial charge on any atom is -0.403 e. The lowest BCUT2D eigenvalue weighted by Crippen LogP contribution is -2.35. The molecule has 0 aromatic heterocycles. The average Bonchev–Trinajstić information content (AvgIpc) is 1.81. The van der Waals surface area contributed by atoms with Crippen molar-refractivity contribution in [2.45, 2.75) is 24.9 Å². The van der Waals surface area contributed by atoms with Gasteiger partial charge in [-0.05, 0) is 29.3 Å². The number of aliphatic hydroxyl groups is 1. The van der Waals surface area contributed by atoms with Crippen LogP contribution >= 0.6 is 15.9 Å². The Balaban J connectivity index is 3.88. The van der Waals surface area contributed by atoms with E-state index in [-0.39, 0.29) is 0 Å². The van der Waals surface area contributed by atoms with Gasteiger partial charge >= 0.3 is 0 Å². The van der Waals surface area contributed by atoms with Gasteiger partial charge in [0.1, 0.15) is 0 Å². The minimum absolute atomic E-state index is 0.776. The van der Waals surface area contributed by atoms with Gasteiger partial charge < -0.3 is 16.2 Å². The monoisotopic (exact) mass is 208 g/mol. The third kappa shape index (κ3) is 4.64. The van der Waals surface area contributed by atoms with Crippen molar-refractivity contribution in [2.75, 3.05) is 0 Å². The van der Waals surface area contributed by atoms with E-state index in [1.54, 1.807) is 6.92 Å². The molecule has 0 radical (unpaired) electrons. The molecule has 0 rings (SSSR count). The molecule has 0 spiro atoms. The fourth-order valence-corrected chi connectivity index (χ4v) is 0.796. The number of alkyl halides is 1. The fourth-order valence-electron chi connectivity index (χ4n) is 0.541. The Morgan fingerprint density at radius 1 is 1.90 bits per heavy atom. The van der Waals surface area contributed by atoms with E-state index >= 15 is 0 Å². The van der Waals surface area contributed by atoms with Crippen molar-refractivity contribution in [2.24, 2.45) is 5.73 Å². The molecule has 0 saturated heterocycles. The molecule has 4 heteroatoms. The summed E-state index contributed by atoms with van der Waals surface area (Å²) >= 11 is 3.01. The highest BCUT2D eigenvalue weighted by Crippen LogP contribution is 2.10. The molecule has 10 heavy (non-hydrogen) atoms. The van der Waals surface area contributed by atoms with Gasteiger partial charge in [-0.25, -0.2) is 0 Å². The Morgan fingerprint density at radius 3 is 2.50 bits per heavy atom. The van der Waals surface area contributed by atoms with Crippen molar-refractivity contribution in [3.63, 3.8) is 0 Å². The Morgan fingerprint density at radius 2 is 2.40 bits per heavy atom. The lowest BCUT2D eigenvalue weighted by molar-refractivity contribution is 0.138. The molecule has 0 aromatic rings. The molecule has 0 aliphatic heterocycles. The van der Waals surface area contributed by atoms with Crippen LogP contribution in [0.25, 0.3) is 0 Å². The third-order valence-corrected chi connectivity index (χ3v) is 1.17. The molecule has 0 bridgehead atoms. The van der Waals surface area contributed by atoms with Crippen LogP contribution in [-0.4, -0.2) is 9.74 Å². The fraction of sp³-hybridized carbons (Fsp3) is 0.667. The Labute approximate surface area is 69.4 Å². The van der Waals surface area contributed by atoms with Crippen LogP contribution in [0.5, 0.6) is 0 Å². The summed E-state index contributed by atoms with van der Waals surface area (Å²) in [5.74, 6) is 0. The predicted molar refractivity (Wildman–Crippen MR) is 45.2 cm³/mol. The van der Waals surface area contributed by atoms with E-state index in [4.69, 9.17) is 10.8 Å². The van der Waals surface area contributed by atoms with E-state index in [2.05, 4.69) is 21.2 Å². The molecular weight excluding hydrogens is 196 g/mol. The molecule has 4 N–H and O–H groups in total. The summed E-state index contributed by atoms with van der Waals surface area (Å²) in [6, 6.07) is 0. The van der Waals surface area contributed by atoms with E-state index in [1.165, 1.54) is 6.20 Å². The molecule has 0 saturated carbocycles. The lowest BCUT2D eigenvalue weighted by atomic mass is 10.3. The number of nitrogens with one attached hydrogen (secondary N) is 1. The average molecular weight is 209 g/mol. The quantitative estimate of drug-likeness (QED) is 0.367. The molecule has 3 nitrogen and oxygen atoms in total. The number of allylic oxidation sites excluding steroid dienone is 1. The Kier molecular flexibility index (Phi) is 3.75. The van der Waals surface area contributed by atoms with Crippen LogP contribution < -0.4 is 11.1 Å². The summed E-state index contributed by atoms with van der Waals surface area (Å²) in [6.07, 6.45) is 2.22. The van der Waals surface area contributed by atoms with Gasteiger partial charge in [-0.15, -0.1) is 0 Å². The van der Waals surface area contributed by atoms with Gasteiger partial charge in [-0.1, -0.05) is 6.92 Å². The summed E-state index contributed by atoms with van der Waals surface area (Å²) in [6.45, 7) is 3.54. The van der Waals surface area contributed by atoms with Crippen LogP contribution in [0.4, 0.5) is 0 Å². The first-order valence-corrected chi connectivity index (χ1v) is 3.89. The molecule has 0 fully saturated rings. The molecule has 1 unspecified atom stereocenters. The SMILES string of the molecule is CC/C(=C\N)NC(C)(O)Br. The maximum atomic E-state index is 9.16. The van der Waals surface area contributed by atoms with Gasteiger partial charge in [0.2, 0.25) is 0 Å². The predicted octanol–water partition coefficient (Wildman–Crippen LogP) is 0.847. The molecule has 0 amide bonds. The third-order valence-electron chi connectivity index (χ3n) is 0.971. The number of hydrogen-bond donors (Lipinski definition) is 3. The highest BCUT2D eigenvalue weighted by Gasteiger charge is 2.13. The van der Waals surface area contributed by atoms with E-state index in [1.807, 2.05) is 6.92 Å². The Hall–Kier alpha value is -0.220. The molecule has 1 atom stereocenters. The van der Waals surface area contributed by atoms with Gasteiger partial charge in [-0.2, -0.15) is 0 Å². The van der Waals surface area contributed by atoms with Crippen LogP contribution in [0, 0.1) is 0 Å². The summed E-state index contributed by atoms with van der Waals surface area (Å²) < 4.78 is -1.06. The van der Waals surface area contributed by atoms with Gasteiger partial charge in [0, 0.05) is 11.9 Å². The van der Waals surface area contributed by atoms with E-state index in [0.717, 1.165) is 12.1 Å². The molecule has 0 aliphatic carbocycles. The van der Waals surface area contributed by atoms with Gasteiger partial charge in [-0.3, -0.25) is 0 Å². The Bertz CT molecular complexity index is 128. The molecule has 0 aromatic carbocycles. The second-order valence-corrected chi connectivity index (χ2v) is 3.67. The van der Waals surface area contributed by atoms with Gasteiger partial charge in [0.05, 0.1) is 0 Å². The zero-order valence-electron chi connectivity index (χ0n) is 6.19. The minimum atomic E-state index is -1.06. The molecular formula is C6H13BrN2O. The second kappa shape index (κ2) is 3.83. The van der Waals surface area contributed by atoms with Crippen LogP contribution in [0.15, 0.2) is 11.9 Å². The highest BCUT2D eigenvalue weighted by molar-refractivity contribution is 9.10. The van der Waals surface area contributed by atoms with Crippen molar-refractivity contribution < 1.29 is 5.11 Å². The molecule has 60 valence electrons. The standard InChI is InChI=1S/C6H13BrN2O/c1-3-5(4-8)9-6(2,7)10/h4,9-10H,3,8H2,1-2H3/b5-4+. The lowest BCUT2D eigenvalue weighted by Gasteiger charge is -2.19. The first-order valence-electron chi connectivity index (χ1n) is 3.10. The van der Waals surface area contributed by atoms with E-state index in [9.17, 15) is 0 Å². The summed E-state index contributed by atoms with van der Waals surface area (Å²) in [5, 5.41) is 11.9. The van der Waals surface area contributed by atoms with Crippen LogP contribution in [0.3, 0.4) is 0 Å². The smallest absolute Gasteiger partial charge is 0.189 e. The summed E-state index contributed by atoms with van der Waals surface area (Å²) in [5.41, 5.74) is 6.04. The first-order chi connectivity index (χ1) is 4.49. The zero-order valence-corrected chi connectivity index (χ0v) is 7.77. The molecule has 0 aliphatic rings. The first kappa shape index (κ1) is 9.78. The van der Waals surface area contributed by atoms with Crippen LogP contribution in [-0.2, 0) is 0 Å². The van der Waals surface area contributed by atoms with E-state index in [0.29, 0.717) is 0 Å². The normalized spacial score (nSPS) is 18.2. The number of halogens is 1. The largest absolute Gasteiger partial charge is 0.403 e. The zero-order chi connectivity index (χ0) is 8.20. The topological polar surface area (TPSA) is 58.3 Å². The van der Waals surface area contributed by atoms with Crippen molar-refractivity contribution in [1.82, 2.24) is 5.32 Å². The van der Waals surface area contributed by atoms with Crippen LogP contribution in [0.2, 0.25) is 0 Å². The van der Waals surface area contributed by atoms with Crippen LogP contribution in [0.1, 0.15) is 20.3 Å². The number of hydrogen-bond acceptors (Lipinski definition) is 3.